The molecule has 1 aliphatic heterocycles. The molecule has 0 spiro atoms. The van der Waals surface area contributed by atoms with Crippen molar-refractivity contribution in [2.75, 3.05) is 11.9 Å². The maximum atomic E-state index is 12.6. The molecular weight excluding hydrogens is 322 g/mol. The number of aryl methyl sites for hydroxylation is 1. The minimum atomic E-state index is -0.389. The molecule has 2 amide bonds. The van der Waals surface area contributed by atoms with E-state index in [0.29, 0.717) is 36.3 Å². The molecule has 0 unspecified atom stereocenters. The van der Waals surface area contributed by atoms with Gasteiger partial charge < -0.3 is 19.7 Å². The van der Waals surface area contributed by atoms with Crippen molar-refractivity contribution in [3.05, 3.63) is 29.0 Å². The van der Waals surface area contributed by atoms with Gasteiger partial charge in [-0.1, -0.05) is 19.0 Å². The number of nitrogens with zero attached hydrogens (tertiary/aromatic N) is 3. The number of imidazole rings is 1. The summed E-state index contributed by atoms with van der Waals surface area (Å²) in [6, 6.07) is 1.63. The van der Waals surface area contributed by atoms with Crippen LogP contribution < -0.4 is 10.6 Å². The van der Waals surface area contributed by atoms with Crippen LogP contribution in [0.2, 0.25) is 0 Å². The maximum Gasteiger partial charge on any atom is 0.292 e. The van der Waals surface area contributed by atoms with Crippen molar-refractivity contribution < 1.29 is 14.1 Å². The summed E-state index contributed by atoms with van der Waals surface area (Å²) in [7, 11) is 0. The van der Waals surface area contributed by atoms with E-state index in [1.165, 1.54) is 0 Å². The summed E-state index contributed by atoms with van der Waals surface area (Å²) in [6.45, 7) is 7.06. The second kappa shape index (κ2) is 7.08. The Bertz CT molecular complexity index is 790. The smallest absolute Gasteiger partial charge is 0.292 e. The quantitative estimate of drug-likeness (QED) is 0.864. The van der Waals surface area contributed by atoms with E-state index < -0.39 is 0 Å². The van der Waals surface area contributed by atoms with E-state index in [9.17, 15) is 9.59 Å². The minimum Gasteiger partial charge on any atom is -0.360 e. The van der Waals surface area contributed by atoms with E-state index in [-0.39, 0.29) is 17.6 Å². The highest BCUT2D eigenvalue weighted by Crippen LogP contribution is 2.22. The lowest BCUT2D eigenvalue weighted by Crippen LogP contribution is -2.29. The number of nitrogens with one attached hydrogen (secondary N) is 2. The summed E-state index contributed by atoms with van der Waals surface area (Å²) >= 11 is 0. The molecule has 2 N–H and O–H groups in total. The highest BCUT2D eigenvalue weighted by molar-refractivity contribution is 6.03. The molecule has 0 radical (unpaired) electrons. The van der Waals surface area contributed by atoms with E-state index in [4.69, 9.17) is 4.52 Å². The van der Waals surface area contributed by atoms with Crippen LogP contribution in [-0.4, -0.2) is 33.1 Å². The fourth-order valence-electron chi connectivity index (χ4n) is 2.88. The van der Waals surface area contributed by atoms with Gasteiger partial charge >= 0.3 is 0 Å². The molecule has 0 aromatic carbocycles. The van der Waals surface area contributed by atoms with Crippen LogP contribution in [0, 0.1) is 12.8 Å². The Kier molecular flexibility index (Phi) is 4.87. The number of fused-ring (bicyclic) bond motifs is 1. The third kappa shape index (κ3) is 3.72. The first-order valence-electron chi connectivity index (χ1n) is 8.58. The van der Waals surface area contributed by atoms with E-state index in [2.05, 4.69) is 20.8 Å². The molecule has 3 heterocycles. The number of anilines is 1. The molecule has 0 aliphatic carbocycles. The minimum absolute atomic E-state index is 0.226. The van der Waals surface area contributed by atoms with Crippen LogP contribution in [0.3, 0.4) is 0 Å². The van der Waals surface area contributed by atoms with Crippen molar-refractivity contribution in [1.29, 1.82) is 0 Å². The van der Waals surface area contributed by atoms with Crippen molar-refractivity contribution in [2.45, 2.75) is 46.6 Å². The molecule has 0 saturated carbocycles. The Morgan fingerprint density at radius 1 is 1.32 bits per heavy atom. The van der Waals surface area contributed by atoms with Gasteiger partial charge in [-0.2, -0.15) is 0 Å². The molecule has 0 bridgehead atoms. The summed E-state index contributed by atoms with van der Waals surface area (Å²) in [5.74, 6) is 0.913. The van der Waals surface area contributed by atoms with Crippen LogP contribution in [0.4, 0.5) is 5.82 Å². The molecule has 134 valence electrons. The third-order valence-electron chi connectivity index (χ3n) is 4.08. The molecule has 1 aliphatic rings. The first-order chi connectivity index (χ1) is 12.0. The molecule has 8 nitrogen and oxygen atoms in total. The average Bonchev–Trinajstić information content (AvgIpc) is 3.16. The van der Waals surface area contributed by atoms with Crippen LogP contribution in [-0.2, 0) is 13.0 Å². The topological polar surface area (TPSA) is 102 Å². The Morgan fingerprint density at radius 2 is 2.12 bits per heavy atom. The predicted molar refractivity (Wildman–Crippen MR) is 91.5 cm³/mol. The predicted octanol–water partition coefficient (Wildman–Crippen LogP) is 2.15. The zero-order valence-electron chi connectivity index (χ0n) is 14.8. The fraction of sp³-hybridized carbons (Fsp3) is 0.529. The Labute approximate surface area is 146 Å². The number of amides is 2. The standard InChI is InChI=1S/C17H23N5O3/c1-10(2)9-18-16(23)14-12-6-4-5-7-22(12)15(20-14)17(24)19-13-8-11(3)25-21-13/h8,10H,4-7,9H2,1-3H3,(H,18,23)(H,19,21,24). The van der Waals surface area contributed by atoms with Gasteiger partial charge in [-0.3, -0.25) is 9.59 Å². The highest BCUT2D eigenvalue weighted by Gasteiger charge is 2.27. The number of carbonyl (C=O) groups excluding carboxylic acids is 2. The van der Waals surface area contributed by atoms with Crippen molar-refractivity contribution in [1.82, 2.24) is 20.0 Å². The van der Waals surface area contributed by atoms with Crippen molar-refractivity contribution >= 4 is 17.6 Å². The molecule has 0 saturated heterocycles. The zero-order chi connectivity index (χ0) is 18.0. The lowest BCUT2D eigenvalue weighted by Gasteiger charge is -2.17. The number of aromatic nitrogens is 3. The normalized spacial score (nSPS) is 13.6. The molecule has 2 aromatic heterocycles. The second-order valence-corrected chi connectivity index (χ2v) is 6.72. The van der Waals surface area contributed by atoms with Gasteiger partial charge in [0.05, 0.1) is 5.69 Å². The number of carbonyl (C=O) groups is 2. The molecule has 8 heteroatoms. The lowest BCUT2D eigenvalue weighted by molar-refractivity contribution is 0.0943. The number of hydrogen-bond acceptors (Lipinski definition) is 5. The van der Waals surface area contributed by atoms with Gasteiger partial charge in [-0.05, 0) is 32.1 Å². The fourth-order valence-corrected chi connectivity index (χ4v) is 2.88. The van der Waals surface area contributed by atoms with Gasteiger partial charge in [0.1, 0.15) is 11.5 Å². The number of rotatable bonds is 5. The molecule has 0 atom stereocenters. The summed E-state index contributed by atoms with van der Waals surface area (Å²) in [4.78, 5) is 29.4. The number of hydrogen-bond donors (Lipinski definition) is 2. The van der Waals surface area contributed by atoms with Crippen molar-refractivity contribution in [3.63, 3.8) is 0 Å². The van der Waals surface area contributed by atoms with Crippen molar-refractivity contribution in [3.8, 4) is 0 Å². The molecule has 25 heavy (non-hydrogen) atoms. The Morgan fingerprint density at radius 3 is 2.80 bits per heavy atom. The Balaban J connectivity index is 1.86. The first kappa shape index (κ1) is 17.2. The van der Waals surface area contributed by atoms with Crippen LogP contribution in [0.1, 0.15) is 59.3 Å². The zero-order valence-corrected chi connectivity index (χ0v) is 14.8. The summed E-state index contributed by atoms with van der Waals surface area (Å²) in [5, 5.41) is 9.31. The van der Waals surface area contributed by atoms with E-state index >= 15 is 0 Å². The summed E-state index contributed by atoms with van der Waals surface area (Å²) in [5.41, 5.74) is 1.18. The highest BCUT2D eigenvalue weighted by atomic mass is 16.5. The SMILES string of the molecule is Cc1cc(NC(=O)c2nc(C(=O)NCC(C)C)c3n2CCCC3)no1. The van der Waals surface area contributed by atoms with E-state index in [1.807, 2.05) is 18.4 Å². The van der Waals surface area contributed by atoms with Gasteiger partial charge in [0.15, 0.2) is 11.6 Å². The van der Waals surface area contributed by atoms with Crippen molar-refractivity contribution in [2.24, 2.45) is 5.92 Å². The van der Waals surface area contributed by atoms with Crippen LogP contribution in [0.15, 0.2) is 10.6 Å². The summed E-state index contributed by atoms with van der Waals surface area (Å²) < 4.78 is 6.80. The average molecular weight is 345 g/mol. The molecular formula is C17H23N5O3. The van der Waals surface area contributed by atoms with Crippen LogP contribution in [0.25, 0.3) is 0 Å². The Hall–Kier alpha value is -2.64. The largest absolute Gasteiger partial charge is 0.360 e. The van der Waals surface area contributed by atoms with Gasteiger partial charge in [-0.25, -0.2) is 4.98 Å². The van der Waals surface area contributed by atoms with E-state index in [0.717, 1.165) is 25.0 Å². The lowest BCUT2D eigenvalue weighted by atomic mass is 10.1. The third-order valence-corrected chi connectivity index (χ3v) is 4.08. The first-order valence-corrected chi connectivity index (χ1v) is 8.58. The van der Waals surface area contributed by atoms with Gasteiger partial charge in [0.25, 0.3) is 11.8 Å². The maximum absolute atomic E-state index is 12.6. The second-order valence-electron chi connectivity index (χ2n) is 6.72. The monoisotopic (exact) mass is 345 g/mol. The van der Waals surface area contributed by atoms with Gasteiger partial charge in [0.2, 0.25) is 0 Å². The summed E-state index contributed by atoms with van der Waals surface area (Å²) in [6.07, 6.45) is 2.69. The van der Waals surface area contributed by atoms with E-state index in [1.54, 1.807) is 13.0 Å². The molecule has 0 fully saturated rings. The molecule has 3 rings (SSSR count). The molecule has 2 aromatic rings. The van der Waals surface area contributed by atoms with Gasteiger partial charge in [-0.15, -0.1) is 0 Å². The van der Waals surface area contributed by atoms with Crippen LogP contribution >= 0.6 is 0 Å². The van der Waals surface area contributed by atoms with Crippen LogP contribution in [0.5, 0.6) is 0 Å². The van der Waals surface area contributed by atoms with Gasteiger partial charge in [0, 0.05) is 19.2 Å².